The van der Waals surface area contributed by atoms with Gasteiger partial charge in [0.2, 0.25) is 0 Å². The first kappa shape index (κ1) is 21.0. The molecular formula is C20H43N. The summed E-state index contributed by atoms with van der Waals surface area (Å²) in [7, 11) is 0. The van der Waals surface area contributed by atoms with Gasteiger partial charge >= 0.3 is 0 Å². The van der Waals surface area contributed by atoms with E-state index in [0.717, 1.165) is 23.8 Å². The van der Waals surface area contributed by atoms with Crippen LogP contribution < -0.4 is 5.32 Å². The van der Waals surface area contributed by atoms with Crippen molar-refractivity contribution in [2.45, 2.75) is 105 Å². The summed E-state index contributed by atoms with van der Waals surface area (Å²) < 4.78 is 0. The third kappa shape index (κ3) is 14.7. The lowest BCUT2D eigenvalue weighted by Crippen LogP contribution is -2.33. The first-order valence-corrected chi connectivity index (χ1v) is 9.69. The minimum Gasteiger partial charge on any atom is -0.314 e. The maximum atomic E-state index is 3.85. The summed E-state index contributed by atoms with van der Waals surface area (Å²) in [4.78, 5) is 0. The molecule has 0 aliphatic carbocycles. The Kier molecular flexibility index (Phi) is 13.6. The second kappa shape index (κ2) is 13.6. The van der Waals surface area contributed by atoms with Crippen LogP contribution in [0.25, 0.3) is 0 Å². The zero-order valence-corrected chi connectivity index (χ0v) is 15.9. The van der Waals surface area contributed by atoms with Crippen molar-refractivity contribution in [2.75, 3.05) is 6.54 Å². The van der Waals surface area contributed by atoms with E-state index in [1.807, 2.05) is 0 Å². The minimum atomic E-state index is 0.731. The van der Waals surface area contributed by atoms with E-state index in [4.69, 9.17) is 0 Å². The maximum Gasteiger partial charge on any atom is 0.00720 e. The number of unbranched alkanes of at least 4 members (excludes halogenated alkanes) is 5. The Balaban J connectivity index is 3.85. The molecule has 0 saturated carbocycles. The second-order valence-electron chi connectivity index (χ2n) is 8.02. The van der Waals surface area contributed by atoms with Crippen molar-refractivity contribution in [3.63, 3.8) is 0 Å². The Labute approximate surface area is 135 Å². The first-order valence-electron chi connectivity index (χ1n) is 9.69. The molecule has 0 amide bonds. The molecule has 0 rings (SSSR count). The van der Waals surface area contributed by atoms with E-state index in [-0.39, 0.29) is 0 Å². The van der Waals surface area contributed by atoms with Gasteiger partial charge in [-0.1, -0.05) is 73.6 Å². The second-order valence-corrected chi connectivity index (χ2v) is 8.02. The zero-order valence-electron chi connectivity index (χ0n) is 15.9. The van der Waals surface area contributed by atoms with E-state index >= 15 is 0 Å². The van der Waals surface area contributed by atoms with Crippen molar-refractivity contribution in [1.82, 2.24) is 5.32 Å². The molecule has 0 saturated heterocycles. The Bertz CT molecular complexity index is 210. The lowest BCUT2D eigenvalue weighted by Gasteiger charge is -2.25. The quantitative estimate of drug-likeness (QED) is 0.365. The summed E-state index contributed by atoms with van der Waals surface area (Å²) in [5.41, 5.74) is 0. The van der Waals surface area contributed by atoms with Crippen molar-refractivity contribution in [3.05, 3.63) is 0 Å². The summed E-state index contributed by atoms with van der Waals surface area (Å²) in [5.74, 6) is 2.49. The van der Waals surface area contributed by atoms with Gasteiger partial charge in [-0.15, -0.1) is 0 Å². The molecule has 0 aliphatic heterocycles. The molecule has 1 nitrogen and oxygen atoms in total. The molecule has 2 unspecified atom stereocenters. The fourth-order valence-electron chi connectivity index (χ4n) is 3.43. The molecule has 0 aromatic rings. The van der Waals surface area contributed by atoms with Crippen LogP contribution in [0.2, 0.25) is 0 Å². The highest BCUT2D eigenvalue weighted by molar-refractivity contribution is 4.72. The standard InChI is InChI=1S/C20H43N/c1-7-8-9-10-11-12-13-21-20(15-18(4)5)16-19(6)14-17(2)3/h17-21H,7-16H2,1-6H3. The smallest absolute Gasteiger partial charge is 0.00720 e. The summed E-state index contributed by atoms with van der Waals surface area (Å²) in [6.07, 6.45) is 12.4. The number of rotatable bonds is 14. The molecule has 128 valence electrons. The van der Waals surface area contributed by atoms with Crippen LogP contribution >= 0.6 is 0 Å². The molecular weight excluding hydrogens is 254 g/mol. The molecule has 0 aromatic carbocycles. The number of hydrogen-bond donors (Lipinski definition) is 1. The lowest BCUT2D eigenvalue weighted by atomic mass is 9.89. The minimum absolute atomic E-state index is 0.731. The van der Waals surface area contributed by atoms with Crippen molar-refractivity contribution in [1.29, 1.82) is 0 Å². The number of nitrogens with one attached hydrogen (secondary N) is 1. The highest BCUT2D eigenvalue weighted by atomic mass is 14.9. The molecule has 1 N–H and O–H groups in total. The molecule has 21 heavy (non-hydrogen) atoms. The third-order valence-electron chi connectivity index (χ3n) is 4.28. The predicted octanol–water partition coefficient (Wildman–Crippen LogP) is 6.42. The van der Waals surface area contributed by atoms with Crippen molar-refractivity contribution in [3.8, 4) is 0 Å². The van der Waals surface area contributed by atoms with E-state index in [2.05, 4.69) is 46.9 Å². The van der Waals surface area contributed by atoms with Crippen LogP contribution in [0.3, 0.4) is 0 Å². The summed E-state index contributed by atoms with van der Waals surface area (Å²) in [6.45, 7) is 15.3. The van der Waals surface area contributed by atoms with Gasteiger partial charge in [0, 0.05) is 6.04 Å². The summed E-state index contributed by atoms with van der Waals surface area (Å²) in [6, 6.07) is 0.731. The van der Waals surface area contributed by atoms with Crippen molar-refractivity contribution >= 4 is 0 Å². The van der Waals surface area contributed by atoms with Gasteiger partial charge in [-0.05, 0) is 50.0 Å². The summed E-state index contributed by atoms with van der Waals surface area (Å²) >= 11 is 0. The van der Waals surface area contributed by atoms with E-state index in [1.54, 1.807) is 0 Å². The van der Waals surface area contributed by atoms with Gasteiger partial charge in [0.15, 0.2) is 0 Å². The fraction of sp³-hybridized carbons (Fsp3) is 1.00. The largest absolute Gasteiger partial charge is 0.314 e. The average Bonchev–Trinajstić information content (AvgIpc) is 2.35. The van der Waals surface area contributed by atoms with Gasteiger partial charge in [-0.2, -0.15) is 0 Å². The Morgan fingerprint density at radius 1 is 0.667 bits per heavy atom. The normalized spacial score (nSPS) is 14.9. The first-order chi connectivity index (χ1) is 9.95. The van der Waals surface area contributed by atoms with Gasteiger partial charge in [0.1, 0.15) is 0 Å². The molecule has 0 radical (unpaired) electrons. The van der Waals surface area contributed by atoms with E-state index < -0.39 is 0 Å². The average molecular weight is 298 g/mol. The molecule has 0 heterocycles. The topological polar surface area (TPSA) is 12.0 Å². The van der Waals surface area contributed by atoms with Crippen LogP contribution in [0.1, 0.15) is 99.3 Å². The van der Waals surface area contributed by atoms with Crippen molar-refractivity contribution < 1.29 is 0 Å². The number of hydrogen-bond acceptors (Lipinski definition) is 1. The van der Waals surface area contributed by atoms with Crippen LogP contribution in [0, 0.1) is 17.8 Å². The SMILES string of the molecule is CCCCCCCCNC(CC(C)C)CC(C)CC(C)C. The maximum absolute atomic E-state index is 3.85. The van der Waals surface area contributed by atoms with E-state index in [1.165, 1.54) is 64.3 Å². The molecule has 2 atom stereocenters. The van der Waals surface area contributed by atoms with Gasteiger partial charge < -0.3 is 5.32 Å². The van der Waals surface area contributed by atoms with E-state index in [9.17, 15) is 0 Å². The van der Waals surface area contributed by atoms with E-state index in [0.29, 0.717) is 0 Å². The molecule has 0 aliphatic rings. The van der Waals surface area contributed by atoms with Crippen molar-refractivity contribution in [2.24, 2.45) is 17.8 Å². The van der Waals surface area contributed by atoms with Crippen LogP contribution in [0.15, 0.2) is 0 Å². The Morgan fingerprint density at radius 2 is 1.24 bits per heavy atom. The molecule has 1 heteroatoms. The molecule has 0 fully saturated rings. The highest BCUT2D eigenvalue weighted by Gasteiger charge is 2.15. The van der Waals surface area contributed by atoms with Crippen LogP contribution in [-0.2, 0) is 0 Å². The molecule has 0 aromatic heterocycles. The monoisotopic (exact) mass is 297 g/mol. The fourth-order valence-corrected chi connectivity index (χ4v) is 3.43. The highest BCUT2D eigenvalue weighted by Crippen LogP contribution is 2.20. The Morgan fingerprint density at radius 3 is 1.81 bits per heavy atom. The van der Waals surface area contributed by atoms with Crippen LogP contribution in [-0.4, -0.2) is 12.6 Å². The van der Waals surface area contributed by atoms with Gasteiger partial charge in [0.05, 0.1) is 0 Å². The van der Waals surface area contributed by atoms with Crippen LogP contribution in [0.4, 0.5) is 0 Å². The summed E-state index contributed by atoms with van der Waals surface area (Å²) in [5, 5.41) is 3.85. The molecule has 0 bridgehead atoms. The third-order valence-corrected chi connectivity index (χ3v) is 4.28. The lowest BCUT2D eigenvalue weighted by molar-refractivity contribution is 0.317. The van der Waals surface area contributed by atoms with Gasteiger partial charge in [0.25, 0.3) is 0 Å². The zero-order chi connectivity index (χ0) is 16.1. The van der Waals surface area contributed by atoms with Gasteiger partial charge in [-0.25, -0.2) is 0 Å². The Hall–Kier alpha value is -0.0400. The van der Waals surface area contributed by atoms with Crippen LogP contribution in [0.5, 0.6) is 0 Å². The molecule has 0 spiro atoms. The van der Waals surface area contributed by atoms with Gasteiger partial charge in [-0.3, -0.25) is 0 Å². The predicted molar refractivity (Wildman–Crippen MR) is 97.9 cm³/mol.